The van der Waals surface area contributed by atoms with Crippen LogP contribution in [0, 0.1) is 6.92 Å². The predicted molar refractivity (Wildman–Crippen MR) is 113 cm³/mol. The van der Waals surface area contributed by atoms with Gasteiger partial charge in [0.25, 0.3) is 5.91 Å². The average Bonchev–Trinajstić information content (AvgIpc) is 3.26. The van der Waals surface area contributed by atoms with Crippen molar-refractivity contribution in [2.24, 2.45) is 0 Å². The second-order valence-electron chi connectivity index (χ2n) is 7.94. The largest absolute Gasteiger partial charge is 0.489 e. The summed E-state index contributed by atoms with van der Waals surface area (Å²) in [5.74, 6) is 1.26. The Kier molecular flexibility index (Phi) is 4.95. The molecule has 2 aromatic heterocycles. The van der Waals surface area contributed by atoms with E-state index < -0.39 is 0 Å². The predicted octanol–water partition coefficient (Wildman–Crippen LogP) is 4.91. The normalized spacial score (nSPS) is 22.9. The Morgan fingerprint density at radius 3 is 2.63 bits per heavy atom. The molecule has 4 heterocycles. The molecule has 1 aromatic carbocycles. The van der Waals surface area contributed by atoms with E-state index in [1.807, 2.05) is 35.2 Å². The molecule has 0 saturated carbocycles. The molecule has 2 aliphatic rings. The molecule has 2 fully saturated rings. The van der Waals surface area contributed by atoms with Gasteiger partial charge in [0.2, 0.25) is 0 Å². The number of fused-ring (bicyclic) bond motifs is 2. The van der Waals surface area contributed by atoms with E-state index >= 15 is 0 Å². The third-order valence-corrected chi connectivity index (χ3v) is 6.40. The van der Waals surface area contributed by atoms with E-state index in [4.69, 9.17) is 20.9 Å². The lowest BCUT2D eigenvalue weighted by molar-refractivity contribution is 0.0357. The summed E-state index contributed by atoms with van der Waals surface area (Å²) >= 11 is 6.37. The second-order valence-corrected chi connectivity index (χ2v) is 8.35. The number of hydrogen-bond acceptors (Lipinski definition) is 5. The second kappa shape index (κ2) is 7.76. The van der Waals surface area contributed by atoms with Gasteiger partial charge in [0, 0.05) is 36.7 Å². The molecule has 30 heavy (non-hydrogen) atoms. The number of aryl methyl sites for hydroxylation is 1. The van der Waals surface area contributed by atoms with Crippen molar-refractivity contribution in [3.05, 3.63) is 65.1 Å². The van der Waals surface area contributed by atoms with Gasteiger partial charge in [0.15, 0.2) is 0 Å². The number of rotatable bonds is 4. The molecule has 154 valence electrons. The van der Waals surface area contributed by atoms with Gasteiger partial charge in [-0.2, -0.15) is 0 Å². The van der Waals surface area contributed by atoms with E-state index in [1.54, 1.807) is 25.4 Å². The molecule has 0 spiro atoms. The zero-order valence-corrected chi connectivity index (χ0v) is 17.4. The fraction of sp³-hybridized carbons (Fsp3) is 0.348. The molecule has 2 unspecified atom stereocenters. The highest BCUT2D eigenvalue weighted by Crippen LogP contribution is 2.40. The Labute approximate surface area is 179 Å². The average molecular weight is 424 g/mol. The lowest BCUT2D eigenvalue weighted by Gasteiger charge is -2.38. The smallest absolute Gasteiger partial charge is 0.260 e. The van der Waals surface area contributed by atoms with Crippen LogP contribution in [0.25, 0.3) is 11.3 Å². The number of carbonyl (C=O) groups is 1. The molecule has 7 heteroatoms. The number of nitrogens with zero attached hydrogens (tertiary/aromatic N) is 3. The Bertz CT molecular complexity index is 1050. The van der Waals surface area contributed by atoms with Crippen molar-refractivity contribution in [1.82, 2.24) is 15.0 Å². The van der Waals surface area contributed by atoms with E-state index in [1.165, 1.54) is 0 Å². The van der Waals surface area contributed by atoms with E-state index in [9.17, 15) is 4.79 Å². The maximum Gasteiger partial charge on any atom is 0.260 e. The molecule has 2 bridgehead atoms. The molecule has 1 amide bonds. The molecule has 6 nitrogen and oxygen atoms in total. The number of pyridine rings is 1. The van der Waals surface area contributed by atoms with Gasteiger partial charge < -0.3 is 14.2 Å². The van der Waals surface area contributed by atoms with Crippen LogP contribution in [-0.2, 0) is 0 Å². The van der Waals surface area contributed by atoms with Crippen molar-refractivity contribution < 1.29 is 14.1 Å². The van der Waals surface area contributed by atoms with Crippen LogP contribution in [0.3, 0.4) is 0 Å². The Morgan fingerprint density at radius 2 is 1.93 bits per heavy atom. The van der Waals surface area contributed by atoms with Crippen LogP contribution < -0.4 is 4.74 Å². The maximum absolute atomic E-state index is 13.6. The standard InChI is InChI=1S/C23H22ClN3O3/c1-14-21(22(26-30-14)19-6-2-3-7-20(19)24)23(28)27-15-8-9-16(27)12-18(11-15)29-17-5-4-10-25-13-17/h2-7,10,13,15-16,18H,8-9,11-12H2,1H3. The Morgan fingerprint density at radius 1 is 1.17 bits per heavy atom. The minimum Gasteiger partial charge on any atom is -0.489 e. The van der Waals surface area contributed by atoms with Crippen LogP contribution in [0.1, 0.15) is 41.8 Å². The van der Waals surface area contributed by atoms with Crippen molar-refractivity contribution in [2.75, 3.05) is 0 Å². The maximum atomic E-state index is 13.6. The quantitative estimate of drug-likeness (QED) is 0.596. The first-order valence-electron chi connectivity index (χ1n) is 10.2. The first-order valence-corrected chi connectivity index (χ1v) is 10.6. The Balaban J connectivity index is 1.40. The lowest BCUT2D eigenvalue weighted by Crippen LogP contribution is -2.49. The molecule has 2 atom stereocenters. The SMILES string of the molecule is Cc1onc(-c2ccccc2Cl)c1C(=O)N1C2CCC1CC(Oc1cccnc1)C2. The molecule has 5 rings (SSSR count). The van der Waals surface area contributed by atoms with Crippen LogP contribution in [-0.4, -0.2) is 39.1 Å². The van der Waals surface area contributed by atoms with Crippen LogP contribution in [0.5, 0.6) is 5.75 Å². The Hall–Kier alpha value is -2.86. The van der Waals surface area contributed by atoms with E-state index in [2.05, 4.69) is 10.1 Å². The molecule has 2 saturated heterocycles. The number of ether oxygens (including phenoxy) is 1. The van der Waals surface area contributed by atoms with Crippen molar-refractivity contribution in [2.45, 2.75) is 50.8 Å². The summed E-state index contributed by atoms with van der Waals surface area (Å²) < 4.78 is 11.6. The van der Waals surface area contributed by atoms with E-state index in [0.29, 0.717) is 27.6 Å². The first kappa shape index (κ1) is 19.1. The van der Waals surface area contributed by atoms with Crippen molar-refractivity contribution in [3.8, 4) is 17.0 Å². The summed E-state index contributed by atoms with van der Waals surface area (Å²) in [4.78, 5) is 19.8. The highest BCUT2D eigenvalue weighted by atomic mass is 35.5. The monoisotopic (exact) mass is 423 g/mol. The third kappa shape index (κ3) is 3.35. The topological polar surface area (TPSA) is 68.5 Å². The van der Waals surface area contributed by atoms with Crippen molar-refractivity contribution in [1.29, 1.82) is 0 Å². The number of hydrogen-bond donors (Lipinski definition) is 0. The molecule has 2 aliphatic heterocycles. The zero-order valence-electron chi connectivity index (χ0n) is 16.6. The summed E-state index contributed by atoms with van der Waals surface area (Å²) in [7, 11) is 0. The number of halogens is 1. The van der Waals surface area contributed by atoms with Crippen LogP contribution in [0.4, 0.5) is 0 Å². The molecular formula is C23H22ClN3O3. The lowest BCUT2D eigenvalue weighted by atomic mass is 9.97. The van der Waals surface area contributed by atoms with Gasteiger partial charge in [-0.25, -0.2) is 0 Å². The number of amides is 1. The van der Waals surface area contributed by atoms with Crippen LogP contribution in [0.15, 0.2) is 53.3 Å². The minimum atomic E-state index is -0.0315. The van der Waals surface area contributed by atoms with Crippen molar-refractivity contribution in [3.63, 3.8) is 0 Å². The summed E-state index contributed by atoms with van der Waals surface area (Å²) in [6.07, 6.45) is 7.13. The van der Waals surface area contributed by atoms with Crippen molar-refractivity contribution >= 4 is 17.5 Å². The van der Waals surface area contributed by atoms with Crippen LogP contribution >= 0.6 is 11.6 Å². The molecule has 0 aliphatic carbocycles. The number of benzene rings is 1. The molecular weight excluding hydrogens is 402 g/mol. The number of carbonyl (C=O) groups excluding carboxylic acids is 1. The molecule has 3 aromatic rings. The molecule has 0 radical (unpaired) electrons. The summed E-state index contributed by atoms with van der Waals surface area (Å²) in [6, 6.07) is 11.5. The van der Waals surface area contributed by atoms with Crippen LogP contribution in [0.2, 0.25) is 5.02 Å². The highest BCUT2D eigenvalue weighted by Gasteiger charge is 2.45. The van der Waals surface area contributed by atoms with Gasteiger partial charge in [-0.1, -0.05) is 35.0 Å². The van der Waals surface area contributed by atoms with Gasteiger partial charge >= 0.3 is 0 Å². The summed E-state index contributed by atoms with van der Waals surface area (Å²) in [5.41, 5.74) is 1.73. The van der Waals surface area contributed by atoms with E-state index in [-0.39, 0.29) is 24.1 Å². The van der Waals surface area contributed by atoms with E-state index in [0.717, 1.165) is 31.4 Å². The van der Waals surface area contributed by atoms with Gasteiger partial charge in [-0.05, 0) is 38.0 Å². The minimum absolute atomic E-state index is 0.0315. The van der Waals surface area contributed by atoms with Gasteiger partial charge in [0.05, 0.1) is 11.2 Å². The summed E-state index contributed by atoms with van der Waals surface area (Å²) in [5, 5.41) is 4.71. The fourth-order valence-corrected chi connectivity index (χ4v) is 4.98. The van der Waals surface area contributed by atoms with Gasteiger partial charge in [-0.15, -0.1) is 0 Å². The number of aromatic nitrogens is 2. The zero-order chi connectivity index (χ0) is 20.7. The summed E-state index contributed by atoms with van der Waals surface area (Å²) in [6.45, 7) is 1.78. The number of piperidine rings is 1. The van der Waals surface area contributed by atoms with Gasteiger partial charge in [0.1, 0.15) is 28.9 Å². The third-order valence-electron chi connectivity index (χ3n) is 6.07. The fourth-order valence-electron chi connectivity index (χ4n) is 4.75. The molecule has 0 N–H and O–H groups in total. The first-order chi connectivity index (χ1) is 14.6. The van der Waals surface area contributed by atoms with Gasteiger partial charge in [-0.3, -0.25) is 9.78 Å². The highest BCUT2D eigenvalue weighted by molar-refractivity contribution is 6.33.